The van der Waals surface area contributed by atoms with Crippen LogP contribution in [0.4, 0.5) is 5.82 Å². The lowest BCUT2D eigenvalue weighted by atomic mass is 10.1. The number of nitrogens with zero attached hydrogens (tertiary/aromatic N) is 1. The van der Waals surface area contributed by atoms with Crippen molar-refractivity contribution in [2.24, 2.45) is 0 Å². The van der Waals surface area contributed by atoms with Crippen LogP contribution in [0.1, 0.15) is 29.9 Å². The molecular formula is C18H16N2O5. The number of pyridine rings is 1. The fraction of sp³-hybridized carbons (Fsp3) is 0.278. The topological polar surface area (TPSA) is 97.8 Å². The van der Waals surface area contributed by atoms with Gasteiger partial charge < -0.3 is 19.9 Å². The summed E-state index contributed by atoms with van der Waals surface area (Å²) < 4.78 is 11.8. The van der Waals surface area contributed by atoms with Crippen molar-refractivity contribution in [3.05, 3.63) is 41.6 Å². The summed E-state index contributed by atoms with van der Waals surface area (Å²) >= 11 is 0. The Bertz CT molecular complexity index is 851. The van der Waals surface area contributed by atoms with Crippen LogP contribution in [-0.2, 0) is 16.0 Å². The lowest BCUT2D eigenvalue weighted by Crippen LogP contribution is -2.20. The van der Waals surface area contributed by atoms with E-state index in [1.54, 1.807) is 6.20 Å². The van der Waals surface area contributed by atoms with Gasteiger partial charge in [0, 0.05) is 29.7 Å². The number of amides is 1. The predicted octanol–water partition coefficient (Wildman–Crippen LogP) is 2.71. The number of rotatable bonds is 2. The summed E-state index contributed by atoms with van der Waals surface area (Å²) in [6.45, 7) is -0.250. The van der Waals surface area contributed by atoms with E-state index >= 15 is 0 Å². The van der Waals surface area contributed by atoms with E-state index in [-0.39, 0.29) is 12.4 Å². The van der Waals surface area contributed by atoms with E-state index in [1.807, 2.05) is 18.2 Å². The van der Waals surface area contributed by atoms with Crippen molar-refractivity contribution in [2.75, 3.05) is 5.32 Å². The molecule has 128 valence electrons. The van der Waals surface area contributed by atoms with Gasteiger partial charge in [-0.25, -0.2) is 4.98 Å². The Labute approximate surface area is 143 Å². The summed E-state index contributed by atoms with van der Waals surface area (Å²) in [4.78, 5) is 24.0. The van der Waals surface area contributed by atoms with Crippen molar-refractivity contribution in [1.82, 2.24) is 4.98 Å². The van der Waals surface area contributed by atoms with E-state index in [2.05, 4.69) is 16.4 Å². The number of hydrogen-bond acceptors (Lipinski definition) is 5. The lowest BCUT2D eigenvalue weighted by Gasteiger charge is -2.19. The first-order chi connectivity index (χ1) is 12.2. The highest BCUT2D eigenvalue weighted by Gasteiger charge is 2.48. The molecule has 2 aliphatic heterocycles. The maximum Gasteiger partial charge on any atom is 0.290 e. The van der Waals surface area contributed by atoms with Crippen LogP contribution in [0.25, 0.3) is 0 Å². The van der Waals surface area contributed by atoms with Gasteiger partial charge in [-0.1, -0.05) is 0 Å². The first-order valence-electron chi connectivity index (χ1n) is 8.03. The van der Waals surface area contributed by atoms with Gasteiger partial charge in [0.2, 0.25) is 5.91 Å². The van der Waals surface area contributed by atoms with Gasteiger partial charge in [0.05, 0.1) is 0 Å². The average Bonchev–Trinajstić information content (AvgIpc) is 3.28. The summed E-state index contributed by atoms with van der Waals surface area (Å²) in [5.74, 6) is 3.71. The molecule has 25 heavy (non-hydrogen) atoms. The fourth-order valence-electron chi connectivity index (χ4n) is 3.26. The van der Waals surface area contributed by atoms with Gasteiger partial charge in [-0.05, 0) is 37.1 Å². The van der Waals surface area contributed by atoms with Crippen molar-refractivity contribution in [3.63, 3.8) is 0 Å². The van der Waals surface area contributed by atoms with Crippen LogP contribution in [0.2, 0.25) is 0 Å². The van der Waals surface area contributed by atoms with E-state index in [0.29, 0.717) is 30.7 Å². The standard InChI is InChI=1S/C17H14N2O3.CH2O2/c20-16-4-2-10-14(5-6-18-17(10)19-16)21-9-1-3-13-11(7-9)12-8-15(12)22-13;2-1-3/h1,3,5-7,12,15H,2,4,8H2,(H,18,19,20);1H,(H,2,3). The molecule has 1 aromatic heterocycles. The summed E-state index contributed by atoms with van der Waals surface area (Å²) in [6, 6.07) is 7.82. The molecule has 2 aromatic rings. The van der Waals surface area contributed by atoms with Gasteiger partial charge >= 0.3 is 0 Å². The zero-order chi connectivity index (χ0) is 17.4. The van der Waals surface area contributed by atoms with E-state index in [0.717, 1.165) is 29.2 Å². The molecule has 0 bridgehead atoms. The average molecular weight is 340 g/mol. The van der Waals surface area contributed by atoms with Crippen molar-refractivity contribution < 1.29 is 24.2 Å². The normalized spacial score (nSPS) is 21.4. The number of hydrogen-bond donors (Lipinski definition) is 2. The van der Waals surface area contributed by atoms with Crippen LogP contribution >= 0.6 is 0 Å². The number of carboxylic acid groups (broad SMARTS) is 1. The third-order valence-electron chi connectivity index (χ3n) is 4.49. The molecule has 7 heteroatoms. The molecule has 0 spiro atoms. The van der Waals surface area contributed by atoms with Gasteiger partial charge in [-0.2, -0.15) is 0 Å². The Kier molecular flexibility index (Phi) is 3.76. The molecule has 1 aliphatic carbocycles. The Hall–Kier alpha value is -3.09. The quantitative estimate of drug-likeness (QED) is 0.816. The predicted molar refractivity (Wildman–Crippen MR) is 88.2 cm³/mol. The van der Waals surface area contributed by atoms with Gasteiger partial charge in [0.15, 0.2) is 0 Å². The summed E-state index contributed by atoms with van der Waals surface area (Å²) in [5.41, 5.74) is 2.21. The minimum atomic E-state index is -0.250. The number of nitrogens with one attached hydrogen (secondary N) is 1. The third-order valence-corrected chi connectivity index (χ3v) is 4.49. The Morgan fingerprint density at radius 2 is 2.16 bits per heavy atom. The molecule has 3 heterocycles. The minimum Gasteiger partial charge on any atom is -0.489 e. The van der Waals surface area contributed by atoms with Crippen molar-refractivity contribution in [2.45, 2.75) is 31.3 Å². The Balaban J connectivity index is 0.000000490. The second-order valence-electron chi connectivity index (χ2n) is 6.09. The third kappa shape index (κ3) is 2.88. The lowest BCUT2D eigenvalue weighted by molar-refractivity contribution is -0.123. The van der Waals surface area contributed by atoms with E-state index in [9.17, 15) is 4.79 Å². The van der Waals surface area contributed by atoms with Crippen LogP contribution in [0.3, 0.4) is 0 Å². The molecule has 2 N–H and O–H groups in total. The van der Waals surface area contributed by atoms with Crippen molar-refractivity contribution in [1.29, 1.82) is 0 Å². The maximum atomic E-state index is 11.5. The fourth-order valence-corrected chi connectivity index (χ4v) is 3.26. The molecule has 5 rings (SSSR count). The number of carbonyl (C=O) groups is 2. The van der Waals surface area contributed by atoms with E-state index < -0.39 is 0 Å². The van der Waals surface area contributed by atoms with Crippen LogP contribution in [0.5, 0.6) is 17.2 Å². The Morgan fingerprint density at radius 3 is 3.00 bits per heavy atom. The second-order valence-corrected chi connectivity index (χ2v) is 6.09. The SMILES string of the molecule is O=C1CCc2c(Oc3ccc4c(c3)C3CC3O4)ccnc2N1.O=CO. The molecule has 7 nitrogen and oxygen atoms in total. The highest BCUT2D eigenvalue weighted by Crippen LogP contribution is 2.54. The number of fused-ring (bicyclic) bond motifs is 4. The number of benzene rings is 1. The van der Waals surface area contributed by atoms with Crippen LogP contribution in [0, 0.1) is 0 Å². The molecule has 0 saturated heterocycles. The molecule has 3 aliphatic rings. The van der Waals surface area contributed by atoms with E-state index in [1.165, 1.54) is 5.56 Å². The molecule has 2 unspecified atom stereocenters. The van der Waals surface area contributed by atoms with E-state index in [4.69, 9.17) is 19.4 Å². The van der Waals surface area contributed by atoms with Gasteiger partial charge in [-0.3, -0.25) is 9.59 Å². The minimum absolute atomic E-state index is 0.00612. The zero-order valence-corrected chi connectivity index (χ0v) is 13.3. The van der Waals surface area contributed by atoms with Crippen molar-refractivity contribution >= 4 is 18.2 Å². The first kappa shape index (κ1) is 15.4. The molecule has 1 fully saturated rings. The number of carbonyl (C=O) groups excluding carboxylic acids is 1. The molecule has 0 radical (unpaired) electrons. The first-order valence-corrected chi connectivity index (χ1v) is 8.03. The van der Waals surface area contributed by atoms with Gasteiger partial charge in [-0.15, -0.1) is 0 Å². The largest absolute Gasteiger partial charge is 0.489 e. The van der Waals surface area contributed by atoms with Crippen LogP contribution in [-0.4, -0.2) is 28.6 Å². The maximum absolute atomic E-state index is 11.5. The van der Waals surface area contributed by atoms with Gasteiger partial charge in [0.1, 0.15) is 29.2 Å². The number of anilines is 1. The number of aromatic nitrogens is 1. The van der Waals surface area contributed by atoms with Crippen LogP contribution < -0.4 is 14.8 Å². The summed E-state index contributed by atoms with van der Waals surface area (Å²) in [7, 11) is 0. The second kappa shape index (κ2) is 6.08. The molecular weight excluding hydrogens is 324 g/mol. The smallest absolute Gasteiger partial charge is 0.290 e. The monoisotopic (exact) mass is 340 g/mol. The highest BCUT2D eigenvalue weighted by atomic mass is 16.5. The Morgan fingerprint density at radius 1 is 1.32 bits per heavy atom. The molecule has 1 amide bonds. The van der Waals surface area contributed by atoms with Gasteiger partial charge in [0.25, 0.3) is 6.47 Å². The van der Waals surface area contributed by atoms with Crippen LogP contribution in [0.15, 0.2) is 30.5 Å². The summed E-state index contributed by atoms with van der Waals surface area (Å²) in [6.07, 6.45) is 4.29. The number of ether oxygens (including phenoxy) is 2. The molecule has 1 saturated carbocycles. The zero-order valence-electron chi connectivity index (χ0n) is 13.3. The molecule has 1 aromatic carbocycles. The summed E-state index contributed by atoms with van der Waals surface area (Å²) in [5, 5.41) is 9.68. The highest BCUT2D eigenvalue weighted by molar-refractivity contribution is 5.93. The molecule has 2 atom stereocenters. The van der Waals surface area contributed by atoms with Crippen molar-refractivity contribution in [3.8, 4) is 17.2 Å².